The minimum Gasteiger partial charge on any atom is -0.478 e. The lowest BCUT2D eigenvalue weighted by atomic mass is 10.1. The average molecular weight is 296 g/mol. The number of hydrogen-bond acceptors (Lipinski definition) is 4. The molecule has 108 valence electrons. The van der Waals surface area contributed by atoms with Crippen molar-refractivity contribution in [3.63, 3.8) is 0 Å². The van der Waals surface area contributed by atoms with E-state index in [2.05, 4.69) is 0 Å². The summed E-state index contributed by atoms with van der Waals surface area (Å²) in [4.78, 5) is 22.2. The fraction of sp³-hybridized carbons (Fsp3) is 0. The molecule has 0 unspecified atom stereocenters. The molecule has 4 rings (SSSR count). The van der Waals surface area contributed by atoms with E-state index in [-0.39, 0.29) is 16.9 Å². The number of aromatic carboxylic acids is 2. The molecule has 0 bridgehead atoms. The summed E-state index contributed by atoms with van der Waals surface area (Å²) in [6.45, 7) is 0. The van der Waals surface area contributed by atoms with Gasteiger partial charge >= 0.3 is 11.9 Å². The van der Waals surface area contributed by atoms with Crippen molar-refractivity contribution < 1.29 is 28.6 Å². The van der Waals surface area contributed by atoms with Gasteiger partial charge in [-0.3, -0.25) is 0 Å². The van der Waals surface area contributed by atoms with Crippen LogP contribution in [-0.2, 0) is 0 Å². The Hall–Kier alpha value is -3.28. The summed E-state index contributed by atoms with van der Waals surface area (Å²) in [5, 5.41) is 19.9. The average Bonchev–Trinajstić information content (AvgIpc) is 3.00. The van der Waals surface area contributed by atoms with E-state index >= 15 is 0 Å². The zero-order chi connectivity index (χ0) is 15.4. The van der Waals surface area contributed by atoms with Crippen LogP contribution >= 0.6 is 0 Å². The molecule has 0 aliphatic carbocycles. The lowest BCUT2D eigenvalue weighted by Crippen LogP contribution is -1.95. The van der Waals surface area contributed by atoms with Gasteiger partial charge in [0.25, 0.3) is 5.78 Å². The Labute approximate surface area is 122 Å². The van der Waals surface area contributed by atoms with Gasteiger partial charge in [0.05, 0.1) is 16.5 Å². The van der Waals surface area contributed by atoms with Crippen LogP contribution in [0.5, 0.6) is 0 Å². The van der Waals surface area contributed by atoms with Crippen molar-refractivity contribution in [1.29, 1.82) is 0 Å². The first-order valence-electron chi connectivity index (χ1n) is 6.40. The number of carbonyl (C=O) groups is 2. The monoisotopic (exact) mass is 296 g/mol. The molecule has 0 spiro atoms. The summed E-state index contributed by atoms with van der Waals surface area (Å²) in [7, 11) is 0. The maximum absolute atomic E-state index is 11.1. The Morgan fingerprint density at radius 1 is 0.773 bits per heavy atom. The van der Waals surface area contributed by atoms with Gasteiger partial charge in [-0.15, -0.1) is 0 Å². The molecule has 0 amide bonds. The zero-order valence-electron chi connectivity index (χ0n) is 11.0. The van der Waals surface area contributed by atoms with Crippen molar-refractivity contribution in [3.05, 3.63) is 47.5 Å². The van der Waals surface area contributed by atoms with Crippen molar-refractivity contribution in [2.75, 3.05) is 0 Å². The second-order valence-electron chi connectivity index (χ2n) is 4.90. The highest BCUT2D eigenvalue weighted by molar-refractivity contribution is 6.18. The molecular formula is C16H8O6. The van der Waals surface area contributed by atoms with E-state index in [9.17, 15) is 9.59 Å². The number of carboxylic acid groups (broad SMARTS) is 2. The Balaban J connectivity index is 2.15. The topological polar surface area (TPSA) is 101 Å². The Bertz CT molecular complexity index is 999. The summed E-state index contributed by atoms with van der Waals surface area (Å²) in [5.41, 5.74) is 1.22. The van der Waals surface area contributed by atoms with Crippen molar-refractivity contribution in [1.82, 2.24) is 0 Å². The molecule has 2 aromatic carbocycles. The van der Waals surface area contributed by atoms with Crippen molar-refractivity contribution >= 4 is 45.0 Å². The van der Waals surface area contributed by atoms with Gasteiger partial charge in [-0.05, 0) is 36.4 Å². The van der Waals surface area contributed by atoms with E-state index in [1.807, 2.05) is 0 Å². The van der Waals surface area contributed by atoms with Crippen LogP contribution in [0.15, 0.2) is 45.2 Å². The number of hydrogen-bond donors (Lipinski definition) is 2. The van der Waals surface area contributed by atoms with Crippen LogP contribution in [0.1, 0.15) is 20.7 Å². The molecule has 2 aromatic heterocycles. The highest BCUT2D eigenvalue weighted by atomic mass is 16.5. The van der Waals surface area contributed by atoms with Crippen molar-refractivity contribution in [3.8, 4) is 0 Å². The number of rotatable bonds is 2. The third-order valence-electron chi connectivity index (χ3n) is 3.60. The third kappa shape index (κ3) is 1.61. The molecular weight excluding hydrogens is 288 g/mol. The SMILES string of the molecule is O=C(O)c1ccc2oc3oc4ccc(C(=O)O)cc4c3c2c1. The Morgan fingerprint density at radius 2 is 1.23 bits per heavy atom. The quantitative estimate of drug-likeness (QED) is 0.584. The van der Waals surface area contributed by atoms with Gasteiger partial charge < -0.3 is 19.0 Å². The van der Waals surface area contributed by atoms with E-state index in [0.717, 1.165) is 0 Å². The highest BCUT2D eigenvalue weighted by Gasteiger charge is 2.18. The first kappa shape index (κ1) is 12.5. The molecule has 22 heavy (non-hydrogen) atoms. The summed E-state index contributed by atoms with van der Waals surface area (Å²) >= 11 is 0. The molecule has 0 saturated heterocycles. The molecule has 6 nitrogen and oxygen atoms in total. The Kier molecular flexibility index (Phi) is 2.33. The van der Waals surface area contributed by atoms with Crippen molar-refractivity contribution in [2.45, 2.75) is 0 Å². The number of carboxylic acids is 2. The lowest BCUT2D eigenvalue weighted by molar-refractivity contribution is 0.0686. The molecule has 2 N–H and O–H groups in total. The standard InChI is InChI=1S/C16H8O6/c17-14(18)7-1-3-11-9(5-7)13-10-6-8(15(19)20)2-4-12(10)22-16(13)21-11/h1-6H,(H,17,18)(H,19,20). The van der Waals surface area contributed by atoms with Gasteiger partial charge in [-0.1, -0.05) is 0 Å². The van der Waals surface area contributed by atoms with E-state index in [4.69, 9.17) is 19.0 Å². The maximum Gasteiger partial charge on any atom is 0.335 e. The summed E-state index contributed by atoms with van der Waals surface area (Å²) in [5.74, 6) is -1.85. The number of benzene rings is 2. The summed E-state index contributed by atoms with van der Waals surface area (Å²) < 4.78 is 11.1. The summed E-state index contributed by atoms with van der Waals surface area (Å²) in [6.07, 6.45) is 0. The molecule has 0 atom stereocenters. The smallest absolute Gasteiger partial charge is 0.335 e. The highest BCUT2D eigenvalue weighted by Crippen LogP contribution is 2.37. The van der Waals surface area contributed by atoms with Crippen LogP contribution in [0.2, 0.25) is 0 Å². The molecule has 0 saturated carbocycles. The van der Waals surface area contributed by atoms with E-state index in [1.54, 1.807) is 12.1 Å². The zero-order valence-corrected chi connectivity index (χ0v) is 11.0. The van der Waals surface area contributed by atoms with Crippen LogP contribution in [0, 0.1) is 0 Å². The van der Waals surface area contributed by atoms with Gasteiger partial charge in [-0.25, -0.2) is 9.59 Å². The molecule has 2 heterocycles. The van der Waals surface area contributed by atoms with Gasteiger partial charge in [0, 0.05) is 10.8 Å². The third-order valence-corrected chi connectivity index (χ3v) is 3.60. The minimum atomic E-state index is -1.05. The molecule has 0 radical (unpaired) electrons. The first-order chi connectivity index (χ1) is 10.5. The fourth-order valence-electron chi connectivity index (χ4n) is 2.58. The van der Waals surface area contributed by atoms with Crippen molar-refractivity contribution in [2.24, 2.45) is 0 Å². The first-order valence-corrected chi connectivity index (χ1v) is 6.40. The second-order valence-corrected chi connectivity index (χ2v) is 4.90. The van der Waals surface area contributed by atoms with Gasteiger partial charge in [0.15, 0.2) is 0 Å². The normalized spacial score (nSPS) is 11.5. The lowest BCUT2D eigenvalue weighted by Gasteiger charge is -1.96. The van der Waals surface area contributed by atoms with Crippen LogP contribution in [0.3, 0.4) is 0 Å². The molecule has 0 fully saturated rings. The van der Waals surface area contributed by atoms with E-state index in [0.29, 0.717) is 27.3 Å². The fourth-order valence-corrected chi connectivity index (χ4v) is 2.58. The second kappa shape index (κ2) is 4.11. The van der Waals surface area contributed by atoms with Gasteiger partial charge in [0.1, 0.15) is 11.2 Å². The molecule has 6 heteroatoms. The van der Waals surface area contributed by atoms with Crippen LogP contribution in [-0.4, -0.2) is 22.2 Å². The van der Waals surface area contributed by atoms with Crippen LogP contribution in [0.25, 0.3) is 33.1 Å². The van der Waals surface area contributed by atoms with Crippen LogP contribution < -0.4 is 0 Å². The van der Waals surface area contributed by atoms with E-state index < -0.39 is 11.9 Å². The number of fused-ring (bicyclic) bond motifs is 5. The predicted octanol–water partition coefficient (Wildman–Crippen LogP) is 3.73. The molecule has 4 aromatic rings. The maximum atomic E-state index is 11.1. The Morgan fingerprint density at radius 3 is 1.64 bits per heavy atom. The largest absolute Gasteiger partial charge is 0.478 e. The van der Waals surface area contributed by atoms with Gasteiger partial charge in [-0.2, -0.15) is 0 Å². The summed E-state index contributed by atoms with van der Waals surface area (Å²) in [6, 6.07) is 8.98. The van der Waals surface area contributed by atoms with E-state index in [1.165, 1.54) is 24.3 Å². The molecule has 0 aliphatic rings. The minimum absolute atomic E-state index is 0.124. The molecule has 0 aliphatic heterocycles. The van der Waals surface area contributed by atoms with Gasteiger partial charge in [0.2, 0.25) is 0 Å². The van der Waals surface area contributed by atoms with Crippen LogP contribution in [0.4, 0.5) is 0 Å². The predicted molar refractivity (Wildman–Crippen MR) is 77.4 cm³/mol. The number of furan rings is 2.